The fourth-order valence-corrected chi connectivity index (χ4v) is 11.3. The summed E-state index contributed by atoms with van der Waals surface area (Å²) in [5, 5.41) is 10.2. The molecule has 0 bridgehead atoms. The molecule has 5 aromatic rings. The van der Waals surface area contributed by atoms with Crippen molar-refractivity contribution in [1.29, 1.82) is 0 Å². The maximum absolute atomic E-state index is 14.6. The minimum atomic E-state index is -4.50. The quantitative estimate of drug-likeness (QED) is 0.0382. The number of fused-ring (bicyclic) bond motifs is 2. The van der Waals surface area contributed by atoms with E-state index in [0.29, 0.717) is 42.6 Å². The lowest BCUT2D eigenvalue weighted by Gasteiger charge is -2.35. The zero-order valence-corrected chi connectivity index (χ0v) is 41.9. The van der Waals surface area contributed by atoms with Crippen molar-refractivity contribution in [3.63, 3.8) is 0 Å². The molecule has 1 aliphatic heterocycles. The molecule has 1 aromatic heterocycles. The highest BCUT2D eigenvalue weighted by molar-refractivity contribution is 8.08. The summed E-state index contributed by atoms with van der Waals surface area (Å²) >= 11 is 3.15. The van der Waals surface area contributed by atoms with Crippen molar-refractivity contribution in [2.75, 3.05) is 0 Å². The van der Waals surface area contributed by atoms with E-state index >= 15 is 0 Å². The first kappa shape index (κ1) is 54.7. The topological polar surface area (TPSA) is 228 Å². The molecule has 1 unspecified atom stereocenters. The van der Waals surface area contributed by atoms with Gasteiger partial charge in [0.05, 0.1) is 5.41 Å². The summed E-state index contributed by atoms with van der Waals surface area (Å²) in [6, 6.07) is 35.0. The van der Waals surface area contributed by atoms with Gasteiger partial charge in [-0.1, -0.05) is 129 Å². The minimum Gasteiger partial charge on any atom is -0.481 e. The van der Waals surface area contributed by atoms with Crippen LogP contribution >= 0.6 is 23.1 Å². The Bertz CT molecular complexity index is 3230. The van der Waals surface area contributed by atoms with Gasteiger partial charge in [-0.3, -0.25) is 18.9 Å². The van der Waals surface area contributed by atoms with Crippen LogP contribution in [0, 0.1) is 5.41 Å². The smallest absolute Gasteiger partial charge is 0.425 e. The van der Waals surface area contributed by atoms with Gasteiger partial charge in [-0.25, -0.2) is 0 Å². The average molecular weight is 1040 g/mol. The third-order valence-electron chi connectivity index (χ3n) is 11.3. The van der Waals surface area contributed by atoms with Gasteiger partial charge in [0.1, 0.15) is 16.5 Å². The predicted molar refractivity (Wildman–Crippen MR) is 273 cm³/mol. The molecule has 70 heavy (non-hydrogen) atoms. The molecule has 1 atom stereocenters. The van der Waals surface area contributed by atoms with Crippen LogP contribution in [0.15, 0.2) is 161 Å². The number of unbranched alkanes of at least 4 members (excludes halogenated alkanes) is 3. The highest BCUT2D eigenvalue weighted by Gasteiger charge is 2.46. The lowest BCUT2D eigenvalue weighted by atomic mass is 9.65. The van der Waals surface area contributed by atoms with Crippen molar-refractivity contribution >= 4 is 98.6 Å². The maximum Gasteiger partial charge on any atom is 0.425 e. The van der Waals surface area contributed by atoms with Crippen molar-refractivity contribution in [2.45, 2.75) is 80.9 Å². The Balaban J connectivity index is 0.00000106. The number of Topliss-reactive ketones (excluding diaryl/α,β-unsaturated/α-hetero) is 2. The third-order valence-corrected chi connectivity index (χ3v) is 14.5. The number of ketones is 2. The van der Waals surface area contributed by atoms with Crippen molar-refractivity contribution in [2.24, 2.45) is 5.41 Å². The summed E-state index contributed by atoms with van der Waals surface area (Å²) in [6.45, 7) is 1.95. The van der Waals surface area contributed by atoms with Gasteiger partial charge in [0.2, 0.25) is 20.9 Å². The Labute approximate surface area is 418 Å². The average Bonchev–Trinajstić information content (AvgIpc) is 3.32. The Kier molecular flexibility index (Phi) is 20.4. The molecule has 0 saturated carbocycles. The molecule has 364 valence electrons. The first-order chi connectivity index (χ1) is 33.4. The second-order valence-corrected chi connectivity index (χ2v) is 20.5. The number of aliphatic carboxylic acids is 1. The molecule has 0 fully saturated rings. The van der Waals surface area contributed by atoms with Gasteiger partial charge in [-0.05, 0) is 96.4 Å². The summed E-state index contributed by atoms with van der Waals surface area (Å²) in [4.78, 5) is 42.6. The summed E-state index contributed by atoms with van der Waals surface area (Å²) in [6.07, 6.45) is 16.3. The second-order valence-electron chi connectivity index (χ2n) is 16.2. The van der Waals surface area contributed by atoms with Gasteiger partial charge in [0.15, 0.2) is 0 Å². The number of allylic oxidation sites excluding steroid dienone is 8. The van der Waals surface area contributed by atoms with E-state index in [4.69, 9.17) is 30.4 Å². The summed E-state index contributed by atoms with van der Waals surface area (Å²) in [5.41, 5.74) is 4.68. The van der Waals surface area contributed by atoms with Gasteiger partial charge in [0, 0.05) is 57.7 Å². The molecule has 2 aliphatic rings. The van der Waals surface area contributed by atoms with E-state index in [2.05, 4.69) is 42.5 Å². The van der Waals surface area contributed by atoms with Crippen molar-refractivity contribution in [1.82, 2.24) is 0 Å². The highest BCUT2D eigenvalue weighted by atomic mass is 32.2. The summed E-state index contributed by atoms with van der Waals surface area (Å²) in [5.74, 6) is -0.997. The van der Waals surface area contributed by atoms with Crippen LogP contribution in [0.25, 0.3) is 37.1 Å². The molecule has 7 rings (SSSR count). The van der Waals surface area contributed by atoms with E-state index in [0.717, 1.165) is 53.3 Å². The lowest BCUT2D eigenvalue weighted by molar-refractivity contribution is -0.141. The highest BCUT2D eigenvalue weighted by Crippen LogP contribution is 2.47. The largest absolute Gasteiger partial charge is 0.481 e. The normalized spacial score (nSPS) is 16.5. The first-order valence-electron chi connectivity index (χ1n) is 22.0. The van der Waals surface area contributed by atoms with Crippen molar-refractivity contribution < 1.29 is 57.7 Å². The predicted octanol–water partition coefficient (Wildman–Crippen LogP) is 11.3. The third kappa shape index (κ3) is 15.6. The Morgan fingerprint density at radius 2 is 1.30 bits per heavy atom. The number of hydrogen-bond acceptors (Lipinski definition) is 12. The number of rotatable bonds is 17. The SMILES string of the molecule is CCCC(=O)C1(C(=O)CCCCCCC(=O)O)CC(/C=C/c2cc(-c3ccccc3)[s+]c3ccccc23)=CC(=C/C=C2\C=C(c3ccccc3S(=O)(=O)O)Sc3ccccc32)/C1.O=S(=O)=O.O=S(=O)=O. The van der Waals surface area contributed by atoms with Crippen molar-refractivity contribution in [3.05, 3.63) is 167 Å². The van der Waals surface area contributed by atoms with Crippen LogP contribution in [0.1, 0.15) is 87.8 Å². The zero-order valence-electron chi connectivity index (χ0n) is 37.9. The fraction of sp³-hybridized carbons (Fsp3) is 0.231. The number of carbonyl (C=O) groups excluding carboxylic acids is 2. The Hall–Kier alpha value is -6.28. The number of thioether (sulfide) groups is 1. The lowest BCUT2D eigenvalue weighted by Crippen LogP contribution is -2.41. The van der Waals surface area contributed by atoms with Crippen LogP contribution in [-0.2, 0) is 45.7 Å². The van der Waals surface area contributed by atoms with Crippen LogP contribution in [0.4, 0.5) is 0 Å². The molecular formula is C52H49O13S5+. The second kappa shape index (κ2) is 26.1. The van der Waals surface area contributed by atoms with E-state index in [9.17, 15) is 27.4 Å². The molecule has 0 spiro atoms. The Morgan fingerprint density at radius 3 is 1.97 bits per heavy atom. The molecular weight excluding hydrogens is 993 g/mol. The van der Waals surface area contributed by atoms with E-state index in [1.807, 2.05) is 85.8 Å². The Morgan fingerprint density at radius 1 is 0.700 bits per heavy atom. The molecule has 13 nitrogen and oxygen atoms in total. The molecule has 2 N–H and O–H groups in total. The van der Waals surface area contributed by atoms with Crippen LogP contribution in [0.5, 0.6) is 0 Å². The zero-order chi connectivity index (χ0) is 50.8. The standard InChI is InChI=1S/C52H48O7S3.2O3S/c1-2-16-49(53)52(50(54)25-8-3-4-9-26-51(55)56)34-36(27-29-39-32-46(38-17-6-5-7-18-38)60-44-22-13-10-19-41(39)44)31-37(35-52)28-30-40-33-47(61-45-23-14-11-20-42(40)45)43-21-12-15-24-48(43)62(57,58)59;2*1-4(2)3/h5-7,10-15,17-24,27-33H,2-4,8-9,16,25-26,34-35H2,1H3,(H-,55,56,57,58,59);;/p+1. The van der Waals surface area contributed by atoms with Gasteiger partial charge in [-0.15, -0.1) is 25.3 Å². The number of hydrogen-bond donors (Lipinski definition) is 2. The fourth-order valence-electron chi connectivity index (χ4n) is 8.25. The van der Waals surface area contributed by atoms with E-state index in [-0.39, 0.29) is 48.6 Å². The van der Waals surface area contributed by atoms with Gasteiger partial charge >= 0.3 is 27.2 Å². The van der Waals surface area contributed by atoms with Crippen LogP contribution in [-0.4, -0.2) is 60.9 Å². The monoisotopic (exact) mass is 1040 g/mol. The van der Waals surface area contributed by atoms with E-state index in [1.54, 1.807) is 29.5 Å². The molecule has 1 aliphatic carbocycles. The van der Waals surface area contributed by atoms with Gasteiger partial charge < -0.3 is 5.11 Å². The van der Waals surface area contributed by atoms with Gasteiger partial charge in [-0.2, -0.15) is 8.42 Å². The van der Waals surface area contributed by atoms with Crippen molar-refractivity contribution in [3.8, 4) is 10.4 Å². The molecule has 0 amide bonds. The molecule has 4 aromatic carbocycles. The van der Waals surface area contributed by atoms with Crippen LogP contribution in [0.3, 0.4) is 0 Å². The number of carboxylic acids is 1. The number of benzene rings is 4. The summed E-state index contributed by atoms with van der Waals surface area (Å²) < 4.78 is 86.8. The van der Waals surface area contributed by atoms with Crippen LogP contribution in [0.2, 0.25) is 0 Å². The van der Waals surface area contributed by atoms with Crippen LogP contribution < -0.4 is 0 Å². The van der Waals surface area contributed by atoms with Gasteiger partial charge in [0.25, 0.3) is 10.1 Å². The molecule has 0 radical (unpaired) electrons. The first-order valence-corrected chi connectivity index (χ1v) is 27.1. The minimum absolute atomic E-state index is 0.0739. The van der Waals surface area contributed by atoms with E-state index < -0.39 is 42.7 Å². The summed E-state index contributed by atoms with van der Waals surface area (Å²) in [7, 11) is -10.7. The molecule has 18 heteroatoms. The molecule has 2 heterocycles. The van der Waals surface area contributed by atoms with E-state index in [1.165, 1.54) is 17.8 Å². The molecule has 0 saturated heterocycles. The maximum atomic E-state index is 14.6. The number of carboxylic acid groups (broad SMARTS) is 1. The number of carbonyl (C=O) groups is 3.